The summed E-state index contributed by atoms with van der Waals surface area (Å²) in [6, 6.07) is 15.9. The average Bonchev–Trinajstić information content (AvgIpc) is 3.37. The van der Waals surface area contributed by atoms with E-state index >= 15 is 0 Å². The largest absolute Gasteiger partial charge is 0.296 e. The van der Waals surface area contributed by atoms with Gasteiger partial charge in [0.1, 0.15) is 0 Å². The Morgan fingerprint density at radius 1 is 1.23 bits per heavy atom. The van der Waals surface area contributed by atoms with E-state index in [4.69, 9.17) is 5.26 Å². The molecular weight excluding hydrogens is 454 g/mol. The Hall–Kier alpha value is -2.94. The van der Waals surface area contributed by atoms with E-state index in [1.54, 1.807) is 36.4 Å². The molecule has 1 fully saturated rings. The van der Waals surface area contributed by atoms with Gasteiger partial charge in [0, 0.05) is 17.9 Å². The number of anilines is 2. The number of rotatable bonds is 6. The summed E-state index contributed by atoms with van der Waals surface area (Å²) < 4.78 is 26.3. The minimum Gasteiger partial charge on any atom is -0.296 e. The molecule has 158 valence electrons. The van der Waals surface area contributed by atoms with E-state index in [9.17, 15) is 13.2 Å². The zero-order valence-electron chi connectivity index (χ0n) is 16.2. The quantitative estimate of drug-likeness (QED) is 0.432. The van der Waals surface area contributed by atoms with E-state index < -0.39 is 10.0 Å². The second kappa shape index (κ2) is 9.05. The van der Waals surface area contributed by atoms with E-state index in [1.807, 2.05) is 12.1 Å². The van der Waals surface area contributed by atoms with Gasteiger partial charge in [-0.3, -0.25) is 14.4 Å². The molecule has 0 radical (unpaired) electrons. The zero-order valence-corrected chi connectivity index (χ0v) is 18.6. The van der Waals surface area contributed by atoms with Gasteiger partial charge in [-0.15, -0.1) is 10.2 Å². The summed E-state index contributed by atoms with van der Waals surface area (Å²) in [5.74, 6) is 0.413. The van der Waals surface area contributed by atoms with E-state index in [2.05, 4.69) is 21.6 Å². The van der Waals surface area contributed by atoms with Gasteiger partial charge in [0.05, 0.1) is 23.1 Å². The highest BCUT2D eigenvalue weighted by atomic mass is 32.2. The molecule has 31 heavy (non-hydrogen) atoms. The van der Waals surface area contributed by atoms with Crippen molar-refractivity contribution in [2.75, 3.05) is 21.9 Å². The third kappa shape index (κ3) is 5.04. The Kier molecular flexibility index (Phi) is 6.22. The van der Waals surface area contributed by atoms with Crippen molar-refractivity contribution >= 4 is 49.8 Å². The molecule has 2 aromatic carbocycles. The molecule has 0 unspecified atom stereocenters. The van der Waals surface area contributed by atoms with Gasteiger partial charge in [-0.25, -0.2) is 8.42 Å². The van der Waals surface area contributed by atoms with Crippen molar-refractivity contribution in [3.63, 3.8) is 0 Å². The number of hydrogen-bond donors (Lipinski definition) is 1. The van der Waals surface area contributed by atoms with Crippen LogP contribution in [0, 0.1) is 11.3 Å². The standard InChI is InChI=1S/C20H17N5O3S3/c21-12-14-5-7-15(8-6-14)13-29-20-24-23-19(30-20)22-18(26)16-3-1-4-17(11-16)25-9-2-10-31(25,27)28/h1,3-8,11H,2,9-10,13H2,(H,22,23,26). The molecule has 1 saturated heterocycles. The van der Waals surface area contributed by atoms with Crippen LogP contribution >= 0.6 is 23.1 Å². The monoisotopic (exact) mass is 471 g/mol. The summed E-state index contributed by atoms with van der Waals surface area (Å²) in [5.41, 5.74) is 2.50. The molecule has 1 aliphatic rings. The zero-order chi connectivity index (χ0) is 21.8. The number of nitrogens with zero attached hydrogens (tertiary/aromatic N) is 4. The fourth-order valence-corrected chi connectivity index (χ4v) is 6.30. The third-order valence-electron chi connectivity index (χ3n) is 4.57. The Balaban J connectivity index is 1.39. The molecule has 11 heteroatoms. The fourth-order valence-electron chi connectivity index (χ4n) is 3.04. The predicted octanol–water partition coefficient (Wildman–Crippen LogP) is 3.49. The first-order chi connectivity index (χ1) is 14.9. The van der Waals surface area contributed by atoms with Crippen LogP contribution < -0.4 is 9.62 Å². The van der Waals surface area contributed by atoms with Crippen molar-refractivity contribution in [3.05, 3.63) is 65.2 Å². The van der Waals surface area contributed by atoms with Crippen LogP contribution in [0.5, 0.6) is 0 Å². The molecule has 1 aromatic heterocycles. The first-order valence-electron chi connectivity index (χ1n) is 9.32. The van der Waals surface area contributed by atoms with Crippen LogP contribution in [0.15, 0.2) is 52.9 Å². The summed E-state index contributed by atoms with van der Waals surface area (Å²) in [5, 5.41) is 20.0. The average molecular weight is 472 g/mol. The first kappa shape index (κ1) is 21.3. The maximum Gasteiger partial charge on any atom is 0.257 e. The van der Waals surface area contributed by atoms with Crippen LogP contribution in [-0.2, 0) is 15.8 Å². The van der Waals surface area contributed by atoms with Crippen molar-refractivity contribution in [2.45, 2.75) is 16.5 Å². The molecular formula is C20H17N5O3S3. The van der Waals surface area contributed by atoms with Crippen LogP contribution in [0.25, 0.3) is 0 Å². The maximum atomic E-state index is 12.6. The molecule has 0 aliphatic carbocycles. The van der Waals surface area contributed by atoms with Crippen molar-refractivity contribution in [3.8, 4) is 6.07 Å². The molecule has 0 saturated carbocycles. The van der Waals surface area contributed by atoms with Crippen molar-refractivity contribution < 1.29 is 13.2 Å². The second-order valence-electron chi connectivity index (χ2n) is 6.72. The first-order valence-corrected chi connectivity index (χ1v) is 12.7. The van der Waals surface area contributed by atoms with Gasteiger partial charge >= 0.3 is 0 Å². The van der Waals surface area contributed by atoms with Gasteiger partial charge < -0.3 is 0 Å². The van der Waals surface area contributed by atoms with Crippen LogP contribution in [0.1, 0.15) is 27.9 Å². The lowest BCUT2D eigenvalue weighted by molar-refractivity contribution is 0.102. The lowest BCUT2D eigenvalue weighted by Crippen LogP contribution is -2.25. The van der Waals surface area contributed by atoms with Gasteiger partial charge in [-0.2, -0.15) is 5.26 Å². The van der Waals surface area contributed by atoms with E-state index in [1.165, 1.54) is 27.4 Å². The number of nitrogens with one attached hydrogen (secondary N) is 1. The van der Waals surface area contributed by atoms with Gasteiger partial charge in [0.25, 0.3) is 5.91 Å². The number of benzene rings is 2. The minimum atomic E-state index is -3.31. The van der Waals surface area contributed by atoms with E-state index in [0.29, 0.717) is 45.0 Å². The summed E-state index contributed by atoms with van der Waals surface area (Å²) in [7, 11) is -3.31. The molecule has 1 N–H and O–H groups in total. The summed E-state index contributed by atoms with van der Waals surface area (Å²) in [6.07, 6.45) is 0.576. The topological polar surface area (TPSA) is 116 Å². The molecule has 2 heterocycles. The van der Waals surface area contributed by atoms with Crippen LogP contribution in [-0.4, -0.2) is 36.8 Å². The molecule has 0 bridgehead atoms. The Morgan fingerprint density at radius 2 is 2.03 bits per heavy atom. The molecule has 4 rings (SSSR count). The number of carbonyl (C=O) groups is 1. The van der Waals surface area contributed by atoms with Crippen molar-refractivity contribution in [1.29, 1.82) is 5.26 Å². The smallest absolute Gasteiger partial charge is 0.257 e. The van der Waals surface area contributed by atoms with Gasteiger partial charge in [-0.05, 0) is 42.3 Å². The van der Waals surface area contributed by atoms with Crippen molar-refractivity contribution in [2.24, 2.45) is 0 Å². The number of sulfonamides is 1. The van der Waals surface area contributed by atoms with Crippen LogP contribution in [0.3, 0.4) is 0 Å². The number of hydrogen-bond acceptors (Lipinski definition) is 8. The highest BCUT2D eigenvalue weighted by Crippen LogP contribution is 2.29. The second-order valence-corrected chi connectivity index (χ2v) is 10.9. The van der Waals surface area contributed by atoms with Gasteiger partial charge in [-0.1, -0.05) is 41.3 Å². The van der Waals surface area contributed by atoms with Crippen LogP contribution in [0.4, 0.5) is 10.8 Å². The van der Waals surface area contributed by atoms with E-state index in [-0.39, 0.29) is 11.7 Å². The van der Waals surface area contributed by atoms with Gasteiger partial charge in [0.15, 0.2) is 4.34 Å². The Morgan fingerprint density at radius 3 is 2.74 bits per heavy atom. The highest BCUT2D eigenvalue weighted by Gasteiger charge is 2.28. The summed E-state index contributed by atoms with van der Waals surface area (Å²) in [4.78, 5) is 12.6. The minimum absolute atomic E-state index is 0.122. The molecule has 8 nitrogen and oxygen atoms in total. The molecule has 1 aliphatic heterocycles. The molecule has 0 atom stereocenters. The highest BCUT2D eigenvalue weighted by molar-refractivity contribution is 8.00. The number of carbonyl (C=O) groups excluding carboxylic acids is 1. The SMILES string of the molecule is N#Cc1ccc(CSc2nnc(NC(=O)c3cccc(N4CCCS4(=O)=O)c3)s2)cc1. The Labute approximate surface area is 188 Å². The molecule has 0 spiro atoms. The number of aromatic nitrogens is 2. The molecule has 1 amide bonds. The normalized spacial score (nSPS) is 14.9. The number of nitriles is 1. The Bertz CT molecular complexity index is 1250. The van der Waals surface area contributed by atoms with Crippen LogP contribution in [0.2, 0.25) is 0 Å². The lowest BCUT2D eigenvalue weighted by Gasteiger charge is -2.17. The lowest BCUT2D eigenvalue weighted by atomic mass is 10.2. The maximum absolute atomic E-state index is 12.6. The number of amides is 1. The number of thioether (sulfide) groups is 1. The predicted molar refractivity (Wildman–Crippen MR) is 121 cm³/mol. The van der Waals surface area contributed by atoms with E-state index in [0.717, 1.165) is 5.56 Å². The fraction of sp³-hybridized carbons (Fsp3) is 0.200. The summed E-state index contributed by atoms with van der Waals surface area (Å²) in [6.45, 7) is 0.420. The van der Waals surface area contributed by atoms with Gasteiger partial charge in [0.2, 0.25) is 15.2 Å². The third-order valence-corrected chi connectivity index (χ3v) is 8.48. The van der Waals surface area contributed by atoms with Crippen molar-refractivity contribution in [1.82, 2.24) is 10.2 Å². The summed E-state index contributed by atoms with van der Waals surface area (Å²) >= 11 is 2.75. The molecule has 3 aromatic rings.